The van der Waals surface area contributed by atoms with E-state index in [9.17, 15) is 0 Å². The van der Waals surface area contributed by atoms with Crippen molar-refractivity contribution >= 4 is 0 Å². The van der Waals surface area contributed by atoms with Gasteiger partial charge in [0.25, 0.3) is 0 Å². The van der Waals surface area contributed by atoms with E-state index in [0.717, 1.165) is 19.7 Å². The van der Waals surface area contributed by atoms with E-state index >= 15 is 0 Å². The lowest BCUT2D eigenvalue weighted by molar-refractivity contribution is 0.148. The van der Waals surface area contributed by atoms with Gasteiger partial charge in [-0.15, -0.1) is 0 Å². The van der Waals surface area contributed by atoms with Crippen molar-refractivity contribution in [3.05, 3.63) is 18.0 Å². The Hall–Kier alpha value is -0.870. The Kier molecular flexibility index (Phi) is 2.10. The van der Waals surface area contributed by atoms with Crippen molar-refractivity contribution in [3.63, 3.8) is 0 Å². The Balaban J connectivity index is 2.05. The normalized spacial score (nSPS) is 22.2. The van der Waals surface area contributed by atoms with E-state index in [1.807, 2.05) is 16.9 Å². The van der Waals surface area contributed by atoms with Gasteiger partial charge in [0.2, 0.25) is 0 Å². The highest BCUT2D eigenvalue weighted by atomic mass is 16.5. The van der Waals surface area contributed by atoms with E-state index in [1.165, 1.54) is 5.69 Å². The highest BCUT2D eigenvalue weighted by molar-refractivity contribution is 5.03. The number of hydrogen-bond acceptors (Lipinski definition) is 3. The van der Waals surface area contributed by atoms with Gasteiger partial charge in [0.1, 0.15) is 0 Å². The van der Waals surface area contributed by atoms with Gasteiger partial charge in [-0.2, -0.15) is 5.10 Å². The zero-order valence-corrected chi connectivity index (χ0v) is 7.16. The van der Waals surface area contributed by atoms with Crippen LogP contribution in [0.25, 0.3) is 0 Å². The van der Waals surface area contributed by atoms with Crippen molar-refractivity contribution in [2.75, 3.05) is 13.7 Å². The molecular weight excluding hydrogens is 154 g/mol. The van der Waals surface area contributed by atoms with Crippen LogP contribution in [0.4, 0.5) is 0 Å². The summed E-state index contributed by atoms with van der Waals surface area (Å²) in [5, 5.41) is 7.59. The van der Waals surface area contributed by atoms with E-state index < -0.39 is 0 Å². The van der Waals surface area contributed by atoms with Gasteiger partial charge in [-0.1, -0.05) is 0 Å². The Labute approximate surface area is 71.5 Å². The van der Waals surface area contributed by atoms with Gasteiger partial charge < -0.3 is 10.1 Å². The molecule has 0 saturated heterocycles. The summed E-state index contributed by atoms with van der Waals surface area (Å²) >= 11 is 0. The van der Waals surface area contributed by atoms with Crippen molar-refractivity contribution in [2.24, 2.45) is 0 Å². The number of hydrogen-bond donors (Lipinski definition) is 1. The topological polar surface area (TPSA) is 39.1 Å². The first-order valence-corrected chi connectivity index (χ1v) is 4.13. The van der Waals surface area contributed by atoms with Crippen molar-refractivity contribution < 1.29 is 4.74 Å². The Bertz CT molecular complexity index is 259. The third-order valence-corrected chi connectivity index (χ3v) is 2.14. The van der Waals surface area contributed by atoms with E-state index in [1.54, 1.807) is 7.11 Å². The van der Waals surface area contributed by atoms with Crippen LogP contribution >= 0.6 is 0 Å². The van der Waals surface area contributed by atoms with Crippen LogP contribution in [0.15, 0.2) is 12.3 Å². The number of aromatic nitrogens is 2. The van der Waals surface area contributed by atoms with Gasteiger partial charge in [-0.3, -0.25) is 4.68 Å². The van der Waals surface area contributed by atoms with Gasteiger partial charge in [0.05, 0.1) is 24.9 Å². The molecule has 4 nitrogen and oxygen atoms in total. The smallest absolute Gasteiger partial charge is 0.0634 e. The van der Waals surface area contributed by atoms with Crippen LogP contribution in [0, 0.1) is 0 Å². The molecule has 4 heteroatoms. The summed E-state index contributed by atoms with van der Waals surface area (Å²) in [7, 11) is 1.72. The monoisotopic (exact) mass is 167 g/mol. The van der Waals surface area contributed by atoms with Gasteiger partial charge in [-0.05, 0) is 6.07 Å². The molecule has 0 bridgehead atoms. The summed E-state index contributed by atoms with van der Waals surface area (Å²) in [5.74, 6) is 0. The molecule has 0 aromatic carbocycles. The summed E-state index contributed by atoms with van der Waals surface area (Å²) < 4.78 is 7.10. The van der Waals surface area contributed by atoms with Gasteiger partial charge in [0, 0.05) is 19.9 Å². The quantitative estimate of drug-likeness (QED) is 0.674. The van der Waals surface area contributed by atoms with E-state index in [0.29, 0.717) is 6.04 Å². The minimum absolute atomic E-state index is 0.405. The molecule has 1 aliphatic heterocycles. The molecule has 0 fully saturated rings. The molecular formula is C8H13N3O. The van der Waals surface area contributed by atoms with Crippen molar-refractivity contribution in [1.82, 2.24) is 15.1 Å². The first-order chi connectivity index (χ1) is 5.90. The highest BCUT2D eigenvalue weighted by Crippen LogP contribution is 2.06. The van der Waals surface area contributed by atoms with Crippen molar-refractivity contribution in [1.29, 1.82) is 0 Å². The van der Waals surface area contributed by atoms with E-state index in [4.69, 9.17) is 4.74 Å². The molecule has 66 valence electrons. The van der Waals surface area contributed by atoms with Crippen LogP contribution in [-0.2, 0) is 17.8 Å². The molecule has 0 radical (unpaired) electrons. The molecule has 0 aliphatic carbocycles. The lowest BCUT2D eigenvalue weighted by atomic mass is 10.2. The lowest BCUT2D eigenvalue weighted by Gasteiger charge is -2.24. The first-order valence-electron chi connectivity index (χ1n) is 4.13. The summed E-state index contributed by atoms with van der Waals surface area (Å²) in [4.78, 5) is 0. The predicted octanol–water partition coefficient (Wildman–Crippen LogP) is 0.00130. The molecule has 2 heterocycles. The largest absolute Gasteiger partial charge is 0.383 e. The maximum absolute atomic E-state index is 5.07. The van der Waals surface area contributed by atoms with Crippen molar-refractivity contribution in [2.45, 2.75) is 19.1 Å². The van der Waals surface area contributed by atoms with Crippen LogP contribution in [0.2, 0.25) is 0 Å². The molecule has 1 aromatic heterocycles. The summed E-state index contributed by atoms with van der Waals surface area (Å²) in [5.41, 5.74) is 1.25. The Morgan fingerprint density at radius 1 is 1.83 bits per heavy atom. The minimum Gasteiger partial charge on any atom is -0.383 e. The average Bonchev–Trinajstić information content (AvgIpc) is 2.51. The maximum Gasteiger partial charge on any atom is 0.0634 e. The van der Waals surface area contributed by atoms with Crippen LogP contribution in [0.1, 0.15) is 5.69 Å². The van der Waals surface area contributed by atoms with Gasteiger partial charge in [-0.25, -0.2) is 0 Å². The first kappa shape index (κ1) is 7.76. The predicted molar refractivity (Wildman–Crippen MR) is 44.7 cm³/mol. The van der Waals surface area contributed by atoms with Crippen LogP contribution < -0.4 is 5.32 Å². The average molecular weight is 167 g/mol. The molecule has 1 atom stereocenters. The molecule has 0 spiro atoms. The summed E-state index contributed by atoms with van der Waals surface area (Å²) in [6.45, 7) is 2.56. The lowest BCUT2D eigenvalue weighted by Crippen LogP contribution is -2.41. The SMILES string of the molecule is COC[C@H]1Cn2nccc2CN1. The zero-order valence-electron chi connectivity index (χ0n) is 7.16. The molecule has 0 saturated carbocycles. The fourth-order valence-corrected chi connectivity index (χ4v) is 1.51. The molecule has 12 heavy (non-hydrogen) atoms. The molecule has 0 amide bonds. The molecule has 1 aromatic rings. The standard InChI is InChI=1S/C8H13N3O/c1-12-6-7-5-11-8(4-9-7)2-3-10-11/h2-3,7,9H,4-6H2,1H3/t7-/m1/s1. The molecule has 1 N–H and O–H groups in total. The molecule has 1 aliphatic rings. The third-order valence-electron chi connectivity index (χ3n) is 2.14. The second-order valence-corrected chi connectivity index (χ2v) is 3.04. The molecule has 0 unspecified atom stereocenters. The van der Waals surface area contributed by atoms with Crippen LogP contribution in [0.3, 0.4) is 0 Å². The number of methoxy groups -OCH3 is 1. The maximum atomic E-state index is 5.07. The second kappa shape index (κ2) is 3.25. The van der Waals surface area contributed by atoms with Crippen LogP contribution in [-0.4, -0.2) is 29.5 Å². The number of ether oxygens (including phenoxy) is 1. The van der Waals surface area contributed by atoms with Crippen molar-refractivity contribution in [3.8, 4) is 0 Å². The second-order valence-electron chi connectivity index (χ2n) is 3.04. The fourth-order valence-electron chi connectivity index (χ4n) is 1.51. The zero-order chi connectivity index (χ0) is 8.39. The number of fused-ring (bicyclic) bond motifs is 1. The molecule has 2 rings (SSSR count). The number of rotatable bonds is 2. The van der Waals surface area contributed by atoms with E-state index in [-0.39, 0.29) is 0 Å². The van der Waals surface area contributed by atoms with Gasteiger partial charge in [0.15, 0.2) is 0 Å². The number of nitrogens with zero attached hydrogens (tertiary/aromatic N) is 2. The fraction of sp³-hybridized carbons (Fsp3) is 0.625. The Morgan fingerprint density at radius 2 is 2.75 bits per heavy atom. The van der Waals surface area contributed by atoms with Gasteiger partial charge >= 0.3 is 0 Å². The number of nitrogens with one attached hydrogen (secondary N) is 1. The summed E-state index contributed by atoms with van der Waals surface area (Å²) in [6.07, 6.45) is 1.84. The summed E-state index contributed by atoms with van der Waals surface area (Å²) in [6, 6.07) is 2.44. The third kappa shape index (κ3) is 1.35. The van der Waals surface area contributed by atoms with E-state index in [2.05, 4.69) is 10.4 Å². The minimum atomic E-state index is 0.405. The highest BCUT2D eigenvalue weighted by Gasteiger charge is 2.16. The van der Waals surface area contributed by atoms with Crippen LogP contribution in [0.5, 0.6) is 0 Å². The Morgan fingerprint density at radius 3 is 3.58 bits per heavy atom.